The third-order valence-corrected chi connectivity index (χ3v) is 5.22. The van der Waals surface area contributed by atoms with Crippen molar-refractivity contribution in [3.05, 3.63) is 0 Å². The maximum atomic E-state index is 11.9. The van der Waals surface area contributed by atoms with Crippen molar-refractivity contribution in [2.75, 3.05) is 6.61 Å². The Hall–Kier alpha value is -1.06. The summed E-state index contributed by atoms with van der Waals surface area (Å²) in [6, 6.07) is 0. The smallest absolute Gasteiger partial charge is 0.306 e. The van der Waals surface area contributed by atoms with E-state index in [0.717, 1.165) is 32.1 Å². The van der Waals surface area contributed by atoms with E-state index in [1.54, 1.807) is 0 Å². The highest BCUT2D eigenvalue weighted by Gasteiger charge is 2.21. The van der Waals surface area contributed by atoms with E-state index in [2.05, 4.69) is 20.8 Å². The quantitative estimate of drug-likeness (QED) is 0.346. The number of carbonyl (C=O) groups excluding carboxylic acids is 2. The molecule has 25 heavy (non-hydrogen) atoms. The van der Waals surface area contributed by atoms with Crippen molar-refractivity contribution in [3.8, 4) is 0 Å². The molecular formula is C21H38O4. The van der Waals surface area contributed by atoms with E-state index in [4.69, 9.17) is 9.47 Å². The van der Waals surface area contributed by atoms with Gasteiger partial charge in [-0.25, -0.2) is 0 Å². The first-order valence-corrected chi connectivity index (χ1v) is 10.4. The highest BCUT2D eigenvalue weighted by atomic mass is 16.5. The van der Waals surface area contributed by atoms with Crippen molar-refractivity contribution in [1.29, 1.82) is 0 Å². The van der Waals surface area contributed by atoms with Crippen LogP contribution in [0.2, 0.25) is 0 Å². The Balaban J connectivity index is 2.05. The second-order valence-corrected chi connectivity index (χ2v) is 7.69. The molecule has 0 aliphatic heterocycles. The lowest BCUT2D eigenvalue weighted by molar-refractivity contribution is -0.152. The third kappa shape index (κ3) is 10.5. The Kier molecular flexibility index (Phi) is 11.6. The molecule has 0 heterocycles. The van der Waals surface area contributed by atoms with E-state index >= 15 is 0 Å². The molecular weight excluding hydrogens is 316 g/mol. The zero-order valence-electron chi connectivity index (χ0n) is 16.6. The highest BCUT2D eigenvalue weighted by Crippen LogP contribution is 2.26. The summed E-state index contributed by atoms with van der Waals surface area (Å²) in [7, 11) is 0. The molecule has 0 bridgehead atoms. The van der Waals surface area contributed by atoms with Crippen molar-refractivity contribution in [2.45, 2.75) is 104 Å². The lowest BCUT2D eigenvalue weighted by Gasteiger charge is -2.26. The van der Waals surface area contributed by atoms with Crippen LogP contribution in [0.3, 0.4) is 0 Å². The van der Waals surface area contributed by atoms with Crippen molar-refractivity contribution in [2.24, 2.45) is 11.8 Å². The molecule has 0 spiro atoms. The zero-order chi connectivity index (χ0) is 18.5. The minimum Gasteiger partial charge on any atom is -0.465 e. The Labute approximate surface area is 154 Å². The minimum atomic E-state index is -0.135. The Morgan fingerprint density at radius 1 is 1.04 bits per heavy atom. The number of hydrogen-bond acceptors (Lipinski definition) is 4. The van der Waals surface area contributed by atoms with Gasteiger partial charge in [0.1, 0.15) is 6.10 Å². The van der Waals surface area contributed by atoms with Crippen molar-refractivity contribution >= 4 is 11.9 Å². The summed E-state index contributed by atoms with van der Waals surface area (Å²) in [5.41, 5.74) is 0. The van der Waals surface area contributed by atoms with Gasteiger partial charge in [0.15, 0.2) is 0 Å². The van der Waals surface area contributed by atoms with Crippen LogP contribution < -0.4 is 0 Å². The Morgan fingerprint density at radius 2 is 1.76 bits per heavy atom. The standard InChI is InChI=1S/C21H38O4/c1-4-6-11-18(5-2)16-24-20(22)13-7-8-14-21(23)25-19-12-9-10-17(3)15-19/h17-19H,4-16H2,1-3H3. The molecule has 0 N–H and O–H groups in total. The predicted octanol–water partition coefficient (Wildman–Crippen LogP) is 5.43. The fourth-order valence-electron chi connectivity index (χ4n) is 3.45. The van der Waals surface area contributed by atoms with E-state index < -0.39 is 0 Å². The summed E-state index contributed by atoms with van der Waals surface area (Å²) in [5.74, 6) is 0.893. The number of hydrogen-bond donors (Lipinski definition) is 0. The molecule has 0 radical (unpaired) electrons. The molecule has 1 aliphatic rings. The van der Waals surface area contributed by atoms with Crippen LogP contribution in [0.25, 0.3) is 0 Å². The second kappa shape index (κ2) is 13.2. The lowest BCUT2D eigenvalue weighted by atomic mass is 9.89. The topological polar surface area (TPSA) is 52.6 Å². The van der Waals surface area contributed by atoms with Gasteiger partial charge in [0.05, 0.1) is 6.61 Å². The number of ether oxygens (including phenoxy) is 2. The molecule has 146 valence electrons. The van der Waals surface area contributed by atoms with E-state index in [1.807, 2.05) is 0 Å². The molecule has 0 saturated heterocycles. The van der Waals surface area contributed by atoms with Crippen LogP contribution in [-0.2, 0) is 19.1 Å². The largest absolute Gasteiger partial charge is 0.465 e. The number of carbonyl (C=O) groups is 2. The van der Waals surface area contributed by atoms with Crippen molar-refractivity contribution in [1.82, 2.24) is 0 Å². The molecule has 0 aromatic carbocycles. The average molecular weight is 355 g/mol. The molecule has 4 heteroatoms. The van der Waals surface area contributed by atoms with Gasteiger partial charge in [0, 0.05) is 12.8 Å². The lowest BCUT2D eigenvalue weighted by Crippen LogP contribution is -2.24. The highest BCUT2D eigenvalue weighted by molar-refractivity contribution is 5.70. The molecule has 4 nitrogen and oxygen atoms in total. The molecule has 0 aromatic heterocycles. The van der Waals surface area contributed by atoms with Gasteiger partial charge in [0.25, 0.3) is 0 Å². The average Bonchev–Trinajstić information content (AvgIpc) is 2.59. The van der Waals surface area contributed by atoms with E-state index in [-0.39, 0.29) is 18.0 Å². The summed E-state index contributed by atoms with van der Waals surface area (Å²) in [4.78, 5) is 23.7. The molecule has 1 fully saturated rings. The second-order valence-electron chi connectivity index (χ2n) is 7.69. The minimum absolute atomic E-state index is 0.107. The van der Waals surface area contributed by atoms with Crippen LogP contribution in [0.4, 0.5) is 0 Å². The summed E-state index contributed by atoms with van der Waals surface area (Å²) in [6.07, 6.45) is 11.3. The maximum absolute atomic E-state index is 11.9. The molecule has 1 aliphatic carbocycles. The molecule has 3 unspecified atom stereocenters. The molecule has 3 atom stereocenters. The monoisotopic (exact) mass is 354 g/mol. The molecule has 1 saturated carbocycles. The third-order valence-electron chi connectivity index (χ3n) is 5.22. The van der Waals surface area contributed by atoms with Gasteiger partial charge in [-0.05, 0) is 50.4 Å². The molecule has 0 amide bonds. The van der Waals surface area contributed by atoms with Crippen LogP contribution in [0.15, 0.2) is 0 Å². The van der Waals surface area contributed by atoms with Crippen LogP contribution in [0.1, 0.15) is 97.8 Å². The van der Waals surface area contributed by atoms with Crippen molar-refractivity contribution < 1.29 is 19.1 Å². The van der Waals surface area contributed by atoms with Gasteiger partial charge in [-0.15, -0.1) is 0 Å². The first kappa shape index (κ1) is 22.0. The summed E-state index contributed by atoms with van der Waals surface area (Å²) >= 11 is 0. The molecule has 1 rings (SSSR count). The summed E-state index contributed by atoms with van der Waals surface area (Å²) in [6.45, 7) is 7.08. The van der Waals surface area contributed by atoms with E-state index in [0.29, 0.717) is 44.1 Å². The van der Waals surface area contributed by atoms with Crippen molar-refractivity contribution in [3.63, 3.8) is 0 Å². The summed E-state index contributed by atoms with van der Waals surface area (Å²) < 4.78 is 10.9. The fourth-order valence-corrected chi connectivity index (χ4v) is 3.45. The maximum Gasteiger partial charge on any atom is 0.306 e. The number of unbranched alkanes of at least 4 members (excludes halogenated alkanes) is 2. The van der Waals surface area contributed by atoms with Crippen LogP contribution >= 0.6 is 0 Å². The van der Waals surface area contributed by atoms with Gasteiger partial charge < -0.3 is 9.47 Å². The van der Waals surface area contributed by atoms with Crippen LogP contribution in [-0.4, -0.2) is 24.6 Å². The van der Waals surface area contributed by atoms with E-state index in [9.17, 15) is 9.59 Å². The zero-order valence-corrected chi connectivity index (χ0v) is 16.6. The number of rotatable bonds is 12. The Bertz CT molecular complexity index is 380. The van der Waals surface area contributed by atoms with Gasteiger partial charge in [-0.2, -0.15) is 0 Å². The fraction of sp³-hybridized carbons (Fsp3) is 0.905. The number of esters is 2. The first-order valence-electron chi connectivity index (χ1n) is 10.4. The van der Waals surface area contributed by atoms with Crippen LogP contribution in [0, 0.1) is 11.8 Å². The van der Waals surface area contributed by atoms with Crippen LogP contribution in [0.5, 0.6) is 0 Å². The normalized spacial score (nSPS) is 21.6. The molecule has 0 aromatic rings. The van der Waals surface area contributed by atoms with Gasteiger partial charge in [-0.3, -0.25) is 9.59 Å². The van der Waals surface area contributed by atoms with E-state index in [1.165, 1.54) is 19.3 Å². The Morgan fingerprint density at radius 3 is 2.40 bits per heavy atom. The predicted molar refractivity (Wildman–Crippen MR) is 100 cm³/mol. The van der Waals surface area contributed by atoms with Gasteiger partial charge >= 0.3 is 11.9 Å². The SMILES string of the molecule is CCCCC(CC)COC(=O)CCCCC(=O)OC1CCCC(C)C1. The van der Waals surface area contributed by atoms with Gasteiger partial charge in [0.2, 0.25) is 0 Å². The van der Waals surface area contributed by atoms with Gasteiger partial charge in [-0.1, -0.05) is 46.5 Å². The summed E-state index contributed by atoms with van der Waals surface area (Å²) in [5, 5.41) is 0. The first-order chi connectivity index (χ1) is 12.0.